The first-order valence-electron chi connectivity index (χ1n) is 7.54. The fourth-order valence-corrected chi connectivity index (χ4v) is 3.07. The lowest BCUT2D eigenvalue weighted by atomic mass is 9.87. The highest BCUT2D eigenvalue weighted by atomic mass is 16.3. The van der Waals surface area contributed by atoms with Crippen LogP contribution in [0.25, 0.3) is 0 Å². The molecule has 0 saturated heterocycles. The largest absolute Gasteiger partial charge is 0.393 e. The van der Waals surface area contributed by atoms with Crippen molar-refractivity contribution in [3.8, 4) is 0 Å². The highest BCUT2D eigenvalue weighted by Crippen LogP contribution is 2.24. The quantitative estimate of drug-likeness (QED) is 0.869. The molecule has 1 aromatic carbocycles. The summed E-state index contributed by atoms with van der Waals surface area (Å²) in [5.74, 6) is 0.733. The average Bonchev–Trinajstić information content (AvgIpc) is 2.36. The number of hydrogen-bond donors (Lipinski definition) is 2. The van der Waals surface area contributed by atoms with E-state index in [0.717, 1.165) is 38.1 Å². The molecule has 1 unspecified atom stereocenters. The standard InChI is InChI=1S/C17H27NO/c1-12-8-13(2)10-16(9-12)14(3)18-11-15-4-6-17(19)7-5-15/h8-10,14-15,17-19H,4-7,11H2,1-3H3. The van der Waals surface area contributed by atoms with E-state index in [9.17, 15) is 5.11 Å². The molecule has 2 nitrogen and oxygen atoms in total. The van der Waals surface area contributed by atoms with Gasteiger partial charge in [0.15, 0.2) is 0 Å². The van der Waals surface area contributed by atoms with Crippen LogP contribution in [-0.2, 0) is 0 Å². The lowest BCUT2D eigenvalue weighted by Gasteiger charge is -2.27. The van der Waals surface area contributed by atoms with E-state index in [1.807, 2.05) is 0 Å². The van der Waals surface area contributed by atoms with Gasteiger partial charge in [-0.15, -0.1) is 0 Å². The van der Waals surface area contributed by atoms with E-state index in [0.29, 0.717) is 6.04 Å². The normalized spacial score (nSPS) is 25.3. The van der Waals surface area contributed by atoms with Gasteiger partial charge < -0.3 is 10.4 Å². The van der Waals surface area contributed by atoms with Crippen molar-refractivity contribution in [3.05, 3.63) is 34.9 Å². The maximum atomic E-state index is 9.52. The first kappa shape index (κ1) is 14.5. The first-order chi connectivity index (χ1) is 9.04. The summed E-state index contributed by atoms with van der Waals surface area (Å²) in [5, 5.41) is 13.2. The van der Waals surface area contributed by atoms with Crippen LogP contribution in [-0.4, -0.2) is 17.8 Å². The Morgan fingerprint density at radius 3 is 2.26 bits per heavy atom. The van der Waals surface area contributed by atoms with Crippen LogP contribution in [0.1, 0.15) is 55.3 Å². The second kappa shape index (κ2) is 6.53. The third-order valence-corrected chi connectivity index (χ3v) is 4.27. The minimum Gasteiger partial charge on any atom is -0.393 e. The second-order valence-corrected chi connectivity index (χ2v) is 6.23. The van der Waals surface area contributed by atoms with Gasteiger partial charge >= 0.3 is 0 Å². The lowest BCUT2D eigenvalue weighted by Crippen LogP contribution is -2.29. The number of aliphatic hydroxyl groups excluding tert-OH is 1. The first-order valence-corrected chi connectivity index (χ1v) is 7.54. The third kappa shape index (κ3) is 4.32. The van der Waals surface area contributed by atoms with Gasteiger partial charge in [-0.05, 0) is 64.5 Å². The van der Waals surface area contributed by atoms with Crippen molar-refractivity contribution in [2.24, 2.45) is 5.92 Å². The van der Waals surface area contributed by atoms with Crippen LogP contribution < -0.4 is 5.32 Å². The van der Waals surface area contributed by atoms with Gasteiger partial charge in [-0.1, -0.05) is 29.3 Å². The summed E-state index contributed by atoms with van der Waals surface area (Å²) in [6.07, 6.45) is 4.23. The number of benzene rings is 1. The number of nitrogens with one attached hydrogen (secondary N) is 1. The molecule has 0 spiro atoms. The Morgan fingerprint density at radius 1 is 1.11 bits per heavy atom. The Labute approximate surface area is 117 Å². The summed E-state index contributed by atoms with van der Waals surface area (Å²) in [7, 11) is 0. The molecule has 2 heteroatoms. The van der Waals surface area contributed by atoms with Gasteiger partial charge in [0, 0.05) is 6.04 Å². The Bertz CT molecular complexity index is 387. The smallest absolute Gasteiger partial charge is 0.0540 e. The number of aliphatic hydroxyl groups is 1. The van der Waals surface area contributed by atoms with Gasteiger partial charge in [-0.2, -0.15) is 0 Å². The molecule has 19 heavy (non-hydrogen) atoms. The fraction of sp³-hybridized carbons (Fsp3) is 0.647. The van der Waals surface area contributed by atoms with Gasteiger partial charge in [-0.3, -0.25) is 0 Å². The van der Waals surface area contributed by atoms with E-state index in [2.05, 4.69) is 44.3 Å². The van der Waals surface area contributed by atoms with Crippen LogP contribution in [0.5, 0.6) is 0 Å². The zero-order chi connectivity index (χ0) is 13.8. The van der Waals surface area contributed by atoms with Crippen LogP contribution >= 0.6 is 0 Å². The zero-order valence-electron chi connectivity index (χ0n) is 12.4. The van der Waals surface area contributed by atoms with Crippen LogP contribution in [0, 0.1) is 19.8 Å². The summed E-state index contributed by atoms with van der Waals surface area (Å²) >= 11 is 0. The average molecular weight is 261 g/mol. The second-order valence-electron chi connectivity index (χ2n) is 6.23. The molecule has 0 heterocycles. The van der Waals surface area contributed by atoms with Gasteiger partial charge in [-0.25, -0.2) is 0 Å². The summed E-state index contributed by atoms with van der Waals surface area (Å²) in [5.41, 5.74) is 4.06. The summed E-state index contributed by atoms with van der Waals surface area (Å²) in [6.45, 7) is 7.63. The Hall–Kier alpha value is -0.860. The Morgan fingerprint density at radius 2 is 1.68 bits per heavy atom. The molecule has 1 aliphatic carbocycles. The van der Waals surface area contributed by atoms with Gasteiger partial charge in [0.05, 0.1) is 6.10 Å². The van der Waals surface area contributed by atoms with E-state index in [1.54, 1.807) is 0 Å². The summed E-state index contributed by atoms with van der Waals surface area (Å²) in [6, 6.07) is 7.18. The zero-order valence-corrected chi connectivity index (χ0v) is 12.4. The predicted octanol–water partition coefficient (Wildman–Crippen LogP) is 3.51. The van der Waals surface area contributed by atoms with E-state index in [1.165, 1.54) is 16.7 Å². The van der Waals surface area contributed by atoms with Crippen LogP contribution in [0.2, 0.25) is 0 Å². The number of rotatable bonds is 4. The van der Waals surface area contributed by atoms with Crippen molar-refractivity contribution in [2.75, 3.05) is 6.54 Å². The van der Waals surface area contributed by atoms with Crippen molar-refractivity contribution < 1.29 is 5.11 Å². The molecule has 0 aromatic heterocycles. The van der Waals surface area contributed by atoms with Gasteiger partial charge in [0.25, 0.3) is 0 Å². The molecule has 0 amide bonds. The molecule has 1 aliphatic rings. The highest BCUT2D eigenvalue weighted by molar-refractivity contribution is 5.30. The minimum absolute atomic E-state index is 0.0481. The van der Waals surface area contributed by atoms with E-state index < -0.39 is 0 Å². The fourth-order valence-electron chi connectivity index (χ4n) is 3.07. The van der Waals surface area contributed by atoms with E-state index in [-0.39, 0.29) is 6.10 Å². The summed E-state index contributed by atoms with van der Waals surface area (Å²) in [4.78, 5) is 0. The van der Waals surface area contributed by atoms with Crippen molar-refractivity contribution in [1.82, 2.24) is 5.32 Å². The molecule has 2 rings (SSSR count). The Kier molecular flexibility index (Phi) is 5.00. The molecular weight excluding hydrogens is 234 g/mol. The summed E-state index contributed by atoms with van der Waals surface area (Å²) < 4.78 is 0. The van der Waals surface area contributed by atoms with Crippen molar-refractivity contribution in [3.63, 3.8) is 0 Å². The highest BCUT2D eigenvalue weighted by Gasteiger charge is 2.19. The Balaban J connectivity index is 1.85. The monoisotopic (exact) mass is 261 g/mol. The molecular formula is C17H27NO. The minimum atomic E-state index is -0.0481. The van der Waals surface area contributed by atoms with Gasteiger partial charge in [0.1, 0.15) is 0 Å². The topological polar surface area (TPSA) is 32.3 Å². The van der Waals surface area contributed by atoms with Crippen molar-refractivity contribution in [2.45, 2.75) is 58.6 Å². The third-order valence-electron chi connectivity index (χ3n) is 4.27. The molecule has 1 atom stereocenters. The van der Waals surface area contributed by atoms with Gasteiger partial charge in [0.2, 0.25) is 0 Å². The van der Waals surface area contributed by atoms with E-state index >= 15 is 0 Å². The number of aryl methyl sites for hydroxylation is 2. The van der Waals surface area contributed by atoms with Crippen molar-refractivity contribution in [1.29, 1.82) is 0 Å². The maximum Gasteiger partial charge on any atom is 0.0540 e. The lowest BCUT2D eigenvalue weighted by molar-refractivity contribution is 0.108. The van der Waals surface area contributed by atoms with Crippen molar-refractivity contribution >= 4 is 0 Å². The van der Waals surface area contributed by atoms with Crippen LogP contribution in [0.4, 0.5) is 0 Å². The number of hydrogen-bond acceptors (Lipinski definition) is 2. The van der Waals surface area contributed by atoms with E-state index in [4.69, 9.17) is 0 Å². The molecule has 0 bridgehead atoms. The van der Waals surface area contributed by atoms with Crippen LogP contribution in [0.3, 0.4) is 0 Å². The molecule has 1 aromatic rings. The molecule has 106 valence electrons. The molecule has 1 fully saturated rings. The van der Waals surface area contributed by atoms with Crippen LogP contribution in [0.15, 0.2) is 18.2 Å². The molecule has 2 N–H and O–H groups in total. The molecule has 1 saturated carbocycles. The maximum absolute atomic E-state index is 9.52. The SMILES string of the molecule is Cc1cc(C)cc(C(C)NCC2CCC(O)CC2)c1. The predicted molar refractivity (Wildman–Crippen MR) is 80.3 cm³/mol. The molecule has 0 aliphatic heterocycles. The molecule has 0 radical (unpaired) electrons.